The van der Waals surface area contributed by atoms with E-state index in [0.717, 1.165) is 63.4 Å². The third-order valence-electron chi connectivity index (χ3n) is 6.59. The zero-order valence-electron chi connectivity index (χ0n) is 16.6. The highest BCUT2D eigenvalue weighted by molar-refractivity contribution is 5.86. The van der Waals surface area contributed by atoms with E-state index in [1.165, 1.54) is 23.7 Å². The highest BCUT2D eigenvalue weighted by atomic mass is 16.5. The van der Waals surface area contributed by atoms with Gasteiger partial charge in [-0.15, -0.1) is 0 Å². The van der Waals surface area contributed by atoms with Gasteiger partial charge in [-0.1, -0.05) is 18.2 Å². The van der Waals surface area contributed by atoms with E-state index < -0.39 is 0 Å². The summed E-state index contributed by atoms with van der Waals surface area (Å²) in [7, 11) is 0. The van der Waals surface area contributed by atoms with Gasteiger partial charge in [0.25, 0.3) is 0 Å². The van der Waals surface area contributed by atoms with Gasteiger partial charge in [-0.25, -0.2) is 0 Å². The van der Waals surface area contributed by atoms with Crippen molar-refractivity contribution in [2.45, 2.75) is 57.6 Å². The number of aromatic nitrogens is 1. The molecule has 1 aliphatic heterocycles. The van der Waals surface area contributed by atoms with Crippen molar-refractivity contribution in [1.82, 2.24) is 9.47 Å². The molecule has 5 rings (SSSR count). The Labute approximate surface area is 167 Å². The number of ether oxygens (including phenoxy) is 1. The Hall–Kier alpha value is -2.23. The van der Waals surface area contributed by atoms with E-state index in [1.807, 2.05) is 0 Å². The predicted octanol–water partition coefficient (Wildman–Crippen LogP) is 4.78. The van der Waals surface area contributed by atoms with Crippen LogP contribution in [0, 0.1) is 11.8 Å². The van der Waals surface area contributed by atoms with Crippen molar-refractivity contribution in [3.05, 3.63) is 42.6 Å². The smallest absolute Gasteiger partial charge is 0.226 e. The van der Waals surface area contributed by atoms with Crippen LogP contribution in [0.4, 0.5) is 0 Å². The van der Waals surface area contributed by atoms with E-state index >= 15 is 0 Å². The summed E-state index contributed by atoms with van der Waals surface area (Å²) < 4.78 is 8.79. The van der Waals surface area contributed by atoms with Crippen LogP contribution in [0.1, 0.15) is 44.9 Å². The first-order chi connectivity index (χ1) is 13.8. The lowest BCUT2D eigenvalue weighted by Crippen LogP contribution is -2.44. The first kappa shape index (κ1) is 17.8. The summed E-state index contributed by atoms with van der Waals surface area (Å²) in [5.74, 6) is 2.40. The van der Waals surface area contributed by atoms with E-state index in [0.29, 0.717) is 5.91 Å². The number of piperidine rings is 1. The molecule has 2 heterocycles. The fourth-order valence-electron chi connectivity index (χ4n) is 4.69. The van der Waals surface area contributed by atoms with Crippen LogP contribution in [-0.2, 0) is 11.3 Å². The lowest BCUT2D eigenvalue weighted by molar-refractivity contribution is -0.137. The molecule has 1 aromatic carbocycles. The van der Waals surface area contributed by atoms with Crippen molar-refractivity contribution in [3.8, 4) is 5.75 Å². The highest BCUT2D eigenvalue weighted by Crippen LogP contribution is 2.34. The molecule has 1 saturated heterocycles. The third kappa shape index (κ3) is 3.69. The molecule has 28 heavy (non-hydrogen) atoms. The zero-order valence-corrected chi connectivity index (χ0v) is 16.6. The van der Waals surface area contributed by atoms with Crippen molar-refractivity contribution in [3.63, 3.8) is 0 Å². The average molecular weight is 379 g/mol. The maximum absolute atomic E-state index is 12.7. The molecule has 4 nitrogen and oxygen atoms in total. The molecule has 0 radical (unpaired) electrons. The minimum absolute atomic E-state index is 0.197. The number of allylic oxidation sites excluding steroid dienone is 2. The number of carbonyl (C=O) groups is 1. The SMILES string of the molecule is O=C(C1CC=CCC1)N1CCC(Oc2cccc3c2ccn3CC2CC2)CC1. The second kappa shape index (κ2) is 7.65. The molecule has 2 aromatic rings. The molecule has 1 amide bonds. The molecule has 0 spiro atoms. The number of hydrogen-bond donors (Lipinski definition) is 0. The van der Waals surface area contributed by atoms with Crippen molar-refractivity contribution in [2.75, 3.05) is 13.1 Å². The molecule has 0 bridgehead atoms. The highest BCUT2D eigenvalue weighted by Gasteiger charge is 2.29. The van der Waals surface area contributed by atoms with E-state index in [9.17, 15) is 4.79 Å². The van der Waals surface area contributed by atoms with Crippen LogP contribution in [0.3, 0.4) is 0 Å². The maximum Gasteiger partial charge on any atom is 0.226 e. The Bertz CT molecular complexity index is 872. The van der Waals surface area contributed by atoms with Crippen LogP contribution in [0.15, 0.2) is 42.6 Å². The Kier molecular flexibility index (Phi) is 4.87. The maximum atomic E-state index is 12.7. The van der Waals surface area contributed by atoms with Crippen LogP contribution in [0.2, 0.25) is 0 Å². The van der Waals surface area contributed by atoms with Crippen molar-refractivity contribution in [1.29, 1.82) is 0 Å². The molecule has 2 aliphatic carbocycles. The van der Waals surface area contributed by atoms with Crippen LogP contribution >= 0.6 is 0 Å². The minimum Gasteiger partial charge on any atom is -0.490 e. The Morgan fingerprint density at radius 2 is 1.89 bits per heavy atom. The summed E-state index contributed by atoms with van der Waals surface area (Å²) >= 11 is 0. The largest absolute Gasteiger partial charge is 0.490 e. The van der Waals surface area contributed by atoms with Gasteiger partial charge in [0.2, 0.25) is 5.91 Å². The first-order valence-electron chi connectivity index (χ1n) is 11.0. The standard InChI is InChI=1S/C24H30N2O2/c27-24(19-5-2-1-3-6-19)25-14-11-20(12-15-25)28-23-8-4-7-22-21(23)13-16-26(22)17-18-9-10-18/h1-2,4,7-8,13,16,18-20H,3,5-6,9-12,14-15,17H2. The quantitative estimate of drug-likeness (QED) is 0.702. The van der Waals surface area contributed by atoms with Crippen LogP contribution in [-0.4, -0.2) is 34.6 Å². The molecule has 0 N–H and O–H groups in total. The van der Waals surface area contributed by atoms with Gasteiger partial charge in [0.05, 0.1) is 5.52 Å². The number of fused-ring (bicyclic) bond motifs is 1. The second-order valence-electron chi connectivity index (χ2n) is 8.72. The predicted molar refractivity (Wildman–Crippen MR) is 111 cm³/mol. The molecule has 2 fully saturated rings. The average Bonchev–Trinajstić information content (AvgIpc) is 3.47. The lowest BCUT2D eigenvalue weighted by atomic mass is 9.92. The molecular weight excluding hydrogens is 348 g/mol. The van der Waals surface area contributed by atoms with Crippen LogP contribution < -0.4 is 4.74 Å². The first-order valence-corrected chi connectivity index (χ1v) is 11.0. The summed E-state index contributed by atoms with van der Waals surface area (Å²) in [6.45, 7) is 2.77. The summed E-state index contributed by atoms with van der Waals surface area (Å²) in [6, 6.07) is 8.60. The fourth-order valence-corrected chi connectivity index (χ4v) is 4.69. The third-order valence-corrected chi connectivity index (χ3v) is 6.59. The van der Waals surface area contributed by atoms with Gasteiger partial charge in [0.15, 0.2) is 0 Å². The number of amides is 1. The van der Waals surface area contributed by atoms with E-state index in [4.69, 9.17) is 4.74 Å². The van der Waals surface area contributed by atoms with Crippen molar-refractivity contribution >= 4 is 16.8 Å². The summed E-state index contributed by atoms with van der Waals surface area (Å²) in [4.78, 5) is 14.8. The van der Waals surface area contributed by atoms with Gasteiger partial charge in [0.1, 0.15) is 11.9 Å². The lowest BCUT2D eigenvalue weighted by Gasteiger charge is -2.34. The van der Waals surface area contributed by atoms with E-state index in [-0.39, 0.29) is 12.0 Å². The molecule has 3 aliphatic rings. The Morgan fingerprint density at radius 3 is 2.64 bits per heavy atom. The molecule has 1 aromatic heterocycles. The van der Waals surface area contributed by atoms with E-state index in [1.54, 1.807) is 0 Å². The summed E-state index contributed by atoms with van der Waals surface area (Å²) in [5, 5.41) is 1.22. The van der Waals surface area contributed by atoms with Crippen LogP contribution in [0.25, 0.3) is 10.9 Å². The van der Waals surface area contributed by atoms with Gasteiger partial charge in [0, 0.05) is 50.0 Å². The molecule has 1 unspecified atom stereocenters. The fraction of sp³-hybridized carbons (Fsp3) is 0.542. The number of likely N-dealkylation sites (tertiary alicyclic amines) is 1. The van der Waals surface area contributed by atoms with Gasteiger partial charge >= 0.3 is 0 Å². The number of carbonyl (C=O) groups excluding carboxylic acids is 1. The van der Waals surface area contributed by atoms with Gasteiger partial charge in [-0.3, -0.25) is 4.79 Å². The van der Waals surface area contributed by atoms with Crippen molar-refractivity contribution in [2.24, 2.45) is 11.8 Å². The molecule has 4 heteroatoms. The molecule has 1 saturated carbocycles. The zero-order chi connectivity index (χ0) is 18.9. The second-order valence-corrected chi connectivity index (χ2v) is 8.72. The normalized spacial score (nSPS) is 23.3. The Balaban J connectivity index is 1.21. The van der Waals surface area contributed by atoms with Crippen LogP contribution in [0.5, 0.6) is 5.75 Å². The number of hydrogen-bond acceptors (Lipinski definition) is 2. The van der Waals surface area contributed by atoms with Gasteiger partial charge < -0.3 is 14.2 Å². The van der Waals surface area contributed by atoms with Crippen molar-refractivity contribution < 1.29 is 9.53 Å². The van der Waals surface area contributed by atoms with Gasteiger partial charge in [-0.05, 0) is 56.2 Å². The number of nitrogens with zero attached hydrogens (tertiary/aromatic N) is 2. The number of benzene rings is 1. The van der Waals surface area contributed by atoms with Gasteiger partial charge in [-0.2, -0.15) is 0 Å². The Morgan fingerprint density at radius 1 is 1.04 bits per heavy atom. The number of rotatable bonds is 5. The molecular formula is C24H30N2O2. The molecule has 1 atom stereocenters. The summed E-state index contributed by atoms with van der Waals surface area (Å²) in [5.41, 5.74) is 1.28. The minimum atomic E-state index is 0.197. The summed E-state index contributed by atoms with van der Waals surface area (Å²) in [6.07, 6.45) is 14.3. The topological polar surface area (TPSA) is 34.5 Å². The molecule has 148 valence electrons. The van der Waals surface area contributed by atoms with E-state index in [2.05, 4.69) is 52.1 Å². The monoisotopic (exact) mass is 378 g/mol.